The number of pyridine rings is 1. The molecule has 1 aliphatic heterocycles. The zero-order valence-electron chi connectivity index (χ0n) is 10.6. The molecule has 2 N–H and O–H groups in total. The average molecular weight is 256 g/mol. The minimum Gasteiger partial charge on any atom is -0.486 e. The molecule has 0 aliphatic carbocycles. The molecule has 0 saturated heterocycles. The summed E-state index contributed by atoms with van der Waals surface area (Å²) in [7, 11) is 0. The first-order valence-corrected chi connectivity index (χ1v) is 6.40. The van der Waals surface area contributed by atoms with Gasteiger partial charge in [-0.25, -0.2) is 0 Å². The van der Waals surface area contributed by atoms with Gasteiger partial charge in [-0.3, -0.25) is 4.98 Å². The van der Waals surface area contributed by atoms with Crippen LogP contribution in [-0.4, -0.2) is 17.7 Å². The molecule has 1 atom stereocenters. The minimum atomic E-state index is 0.0717. The monoisotopic (exact) mass is 256 g/mol. The highest BCUT2D eigenvalue weighted by molar-refractivity contribution is 5.44. The van der Waals surface area contributed by atoms with E-state index in [1.165, 1.54) is 0 Å². The van der Waals surface area contributed by atoms with Crippen molar-refractivity contribution < 1.29 is 9.47 Å². The Balaban J connectivity index is 1.62. The molecule has 19 heavy (non-hydrogen) atoms. The lowest BCUT2D eigenvalue weighted by molar-refractivity contribution is 0.0851. The van der Waals surface area contributed by atoms with Crippen molar-refractivity contribution in [3.05, 3.63) is 48.3 Å². The molecule has 98 valence electrons. The maximum Gasteiger partial charge on any atom is 0.161 e. The van der Waals surface area contributed by atoms with Crippen molar-refractivity contribution in [2.45, 2.75) is 18.9 Å². The number of nitrogen functional groups attached to an aromatic ring is 1. The Morgan fingerprint density at radius 3 is 2.89 bits per heavy atom. The summed E-state index contributed by atoms with van der Waals surface area (Å²) < 4.78 is 11.6. The van der Waals surface area contributed by atoms with E-state index in [0.29, 0.717) is 6.61 Å². The second-order valence-corrected chi connectivity index (χ2v) is 4.61. The topological polar surface area (TPSA) is 57.4 Å². The average Bonchev–Trinajstić information content (AvgIpc) is 2.46. The van der Waals surface area contributed by atoms with Gasteiger partial charge in [-0.2, -0.15) is 0 Å². The standard InChI is InChI=1S/C15H16N2O2/c16-13-9-17-8-7-11(13)5-6-12-10-18-14-3-1-2-4-15(14)19-12/h1-4,7-9,12H,5-6,10,16H2/t12-/m0/s1. The zero-order chi connectivity index (χ0) is 13.1. The molecular weight excluding hydrogens is 240 g/mol. The van der Waals surface area contributed by atoms with Gasteiger partial charge < -0.3 is 15.2 Å². The predicted octanol–water partition coefficient (Wildman–Crippen LogP) is 2.44. The van der Waals surface area contributed by atoms with Gasteiger partial charge in [0.05, 0.1) is 11.9 Å². The maximum atomic E-state index is 5.91. The molecule has 0 amide bonds. The van der Waals surface area contributed by atoms with Crippen LogP contribution in [0.4, 0.5) is 5.69 Å². The molecule has 1 aromatic heterocycles. The molecule has 0 unspecified atom stereocenters. The van der Waals surface area contributed by atoms with E-state index in [1.807, 2.05) is 30.3 Å². The largest absolute Gasteiger partial charge is 0.486 e. The first kappa shape index (κ1) is 11.8. The number of anilines is 1. The van der Waals surface area contributed by atoms with Gasteiger partial charge in [-0.15, -0.1) is 0 Å². The molecule has 0 fully saturated rings. The van der Waals surface area contributed by atoms with Crippen LogP contribution in [0.25, 0.3) is 0 Å². The van der Waals surface area contributed by atoms with E-state index < -0.39 is 0 Å². The number of aromatic nitrogens is 1. The third kappa shape index (κ3) is 2.62. The molecule has 0 spiro atoms. The molecule has 0 bridgehead atoms. The van der Waals surface area contributed by atoms with Crippen molar-refractivity contribution in [1.29, 1.82) is 0 Å². The Hall–Kier alpha value is -2.23. The lowest BCUT2D eigenvalue weighted by atomic mass is 10.1. The minimum absolute atomic E-state index is 0.0717. The second-order valence-electron chi connectivity index (χ2n) is 4.61. The van der Waals surface area contributed by atoms with Crippen molar-refractivity contribution in [3.8, 4) is 11.5 Å². The van der Waals surface area contributed by atoms with Gasteiger partial charge in [0, 0.05) is 6.20 Å². The van der Waals surface area contributed by atoms with Crippen LogP contribution in [-0.2, 0) is 6.42 Å². The molecular formula is C15H16N2O2. The van der Waals surface area contributed by atoms with Crippen LogP contribution in [0.1, 0.15) is 12.0 Å². The van der Waals surface area contributed by atoms with Crippen LogP contribution in [0, 0.1) is 0 Å². The second kappa shape index (κ2) is 5.18. The lowest BCUT2D eigenvalue weighted by Crippen LogP contribution is -2.29. The van der Waals surface area contributed by atoms with Gasteiger partial charge in [0.2, 0.25) is 0 Å². The Labute approximate surface area is 112 Å². The van der Waals surface area contributed by atoms with Crippen LogP contribution < -0.4 is 15.2 Å². The van der Waals surface area contributed by atoms with Crippen molar-refractivity contribution in [3.63, 3.8) is 0 Å². The van der Waals surface area contributed by atoms with Crippen LogP contribution in [0.2, 0.25) is 0 Å². The molecule has 2 heterocycles. The van der Waals surface area contributed by atoms with E-state index in [2.05, 4.69) is 4.98 Å². The molecule has 3 rings (SSSR count). The van der Waals surface area contributed by atoms with E-state index in [-0.39, 0.29) is 6.10 Å². The number of para-hydroxylation sites is 2. The van der Waals surface area contributed by atoms with Gasteiger partial charge in [-0.1, -0.05) is 12.1 Å². The number of nitrogens with two attached hydrogens (primary N) is 1. The lowest BCUT2D eigenvalue weighted by Gasteiger charge is -2.26. The van der Waals surface area contributed by atoms with E-state index in [0.717, 1.165) is 35.6 Å². The summed E-state index contributed by atoms with van der Waals surface area (Å²) in [6.45, 7) is 0.585. The van der Waals surface area contributed by atoms with Gasteiger partial charge in [0.15, 0.2) is 11.5 Å². The van der Waals surface area contributed by atoms with Gasteiger partial charge in [0.1, 0.15) is 12.7 Å². The summed E-state index contributed by atoms with van der Waals surface area (Å²) in [4.78, 5) is 3.99. The molecule has 1 aliphatic rings. The Morgan fingerprint density at radius 1 is 1.21 bits per heavy atom. The number of hydrogen-bond acceptors (Lipinski definition) is 4. The molecule has 1 aromatic carbocycles. The van der Waals surface area contributed by atoms with Crippen LogP contribution >= 0.6 is 0 Å². The number of nitrogens with zero attached hydrogens (tertiary/aromatic N) is 1. The Morgan fingerprint density at radius 2 is 2.05 bits per heavy atom. The zero-order valence-corrected chi connectivity index (χ0v) is 10.6. The summed E-state index contributed by atoms with van der Waals surface area (Å²) in [6, 6.07) is 9.70. The summed E-state index contributed by atoms with van der Waals surface area (Å²) in [5.41, 5.74) is 7.72. The molecule has 4 nitrogen and oxygen atoms in total. The Kier molecular flexibility index (Phi) is 3.23. The fourth-order valence-corrected chi connectivity index (χ4v) is 2.18. The van der Waals surface area contributed by atoms with Crippen molar-refractivity contribution in [2.75, 3.05) is 12.3 Å². The van der Waals surface area contributed by atoms with Gasteiger partial charge in [0.25, 0.3) is 0 Å². The SMILES string of the molecule is Nc1cnccc1CC[C@H]1COc2ccccc2O1. The van der Waals surface area contributed by atoms with Crippen LogP contribution in [0.5, 0.6) is 11.5 Å². The third-order valence-electron chi connectivity index (χ3n) is 3.25. The molecule has 0 radical (unpaired) electrons. The van der Waals surface area contributed by atoms with Crippen molar-refractivity contribution in [2.24, 2.45) is 0 Å². The summed E-state index contributed by atoms with van der Waals surface area (Å²) in [5, 5.41) is 0. The highest BCUT2D eigenvalue weighted by atomic mass is 16.6. The van der Waals surface area contributed by atoms with E-state index >= 15 is 0 Å². The normalized spacial score (nSPS) is 17.2. The first-order valence-electron chi connectivity index (χ1n) is 6.40. The molecule has 4 heteroatoms. The van der Waals surface area contributed by atoms with E-state index in [1.54, 1.807) is 12.4 Å². The molecule has 2 aromatic rings. The number of rotatable bonds is 3. The predicted molar refractivity (Wildman–Crippen MR) is 73.3 cm³/mol. The Bertz CT molecular complexity index is 572. The number of hydrogen-bond donors (Lipinski definition) is 1. The van der Waals surface area contributed by atoms with E-state index in [4.69, 9.17) is 15.2 Å². The van der Waals surface area contributed by atoms with Crippen LogP contribution in [0.15, 0.2) is 42.7 Å². The summed E-state index contributed by atoms with van der Waals surface area (Å²) in [6.07, 6.45) is 5.26. The first-order chi connectivity index (χ1) is 9.33. The third-order valence-corrected chi connectivity index (χ3v) is 3.25. The number of ether oxygens (including phenoxy) is 2. The van der Waals surface area contributed by atoms with Gasteiger partial charge >= 0.3 is 0 Å². The fourth-order valence-electron chi connectivity index (χ4n) is 2.18. The maximum absolute atomic E-state index is 5.91. The van der Waals surface area contributed by atoms with Crippen LogP contribution in [0.3, 0.4) is 0 Å². The number of fused-ring (bicyclic) bond motifs is 1. The number of benzene rings is 1. The van der Waals surface area contributed by atoms with Gasteiger partial charge in [-0.05, 0) is 36.6 Å². The van der Waals surface area contributed by atoms with Crippen molar-refractivity contribution >= 4 is 5.69 Å². The quantitative estimate of drug-likeness (QED) is 0.916. The molecule has 0 saturated carbocycles. The highest BCUT2D eigenvalue weighted by Crippen LogP contribution is 2.31. The summed E-state index contributed by atoms with van der Waals surface area (Å²) >= 11 is 0. The van der Waals surface area contributed by atoms with E-state index in [9.17, 15) is 0 Å². The highest BCUT2D eigenvalue weighted by Gasteiger charge is 2.20. The number of aryl methyl sites for hydroxylation is 1. The fraction of sp³-hybridized carbons (Fsp3) is 0.267. The smallest absolute Gasteiger partial charge is 0.161 e. The summed E-state index contributed by atoms with van der Waals surface area (Å²) in [5.74, 6) is 1.64. The van der Waals surface area contributed by atoms with Crippen molar-refractivity contribution in [1.82, 2.24) is 4.98 Å².